The maximum absolute atomic E-state index is 13.0. The Morgan fingerprint density at radius 3 is 2.56 bits per heavy atom. The molecule has 12 heteroatoms. The molecule has 0 radical (unpaired) electrons. The van der Waals surface area contributed by atoms with Crippen molar-refractivity contribution in [3.63, 3.8) is 0 Å². The summed E-state index contributed by atoms with van der Waals surface area (Å²) in [6.45, 7) is 3.23. The van der Waals surface area contributed by atoms with Gasteiger partial charge in [-0.1, -0.05) is 30.7 Å². The number of benzene rings is 1. The molecule has 2 aromatic heterocycles. The predicted octanol–water partition coefficient (Wildman–Crippen LogP) is 4.60. The second kappa shape index (κ2) is 9.80. The first-order valence-corrected chi connectivity index (χ1v) is 10.9. The molecule has 1 amide bonds. The summed E-state index contributed by atoms with van der Waals surface area (Å²) in [5, 5.41) is 11.4. The summed E-state index contributed by atoms with van der Waals surface area (Å²) in [6, 6.07) is 6.22. The lowest BCUT2D eigenvalue weighted by atomic mass is 10.0. The van der Waals surface area contributed by atoms with Crippen molar-refractivity contribution in [3.05, 3.63) is 53.3 Å². The fourth-order valence-corrected chi connectivity index (χ4v) is 3.52. The van der Waals surface area contributed by atoms with E-state index in [4.69, 9.17) is 16.3 Å². The molecule has 0 atom stereocenters. The molecule has 0 unspecified atom stereocenters. The lowest BCUT2D eigenvalue weighted by Gasteiger charge is -2.38. The molecule has 34 heavy (non-hydrogen) atoms. The van der Waals surface area contributed by atoms with Crippen molar-refractivity contribution in [1.29, 1.82) is 0 Å². The molecule has 1 aliphatic rings. The number of pyridine rings is 1. The van der Waals surface area contributed by atoms with Gasteiger partial charge in [-0.3, -0.25) is 4.98 Å². The van der Waals surface area contributed by atoms with Gasteiger partial charge in [0.1, 0.15) is 17.5 Å². The van der Waals surface area contributed by atoms with Gasteiger partial charge in [-0.2, -0.15) is 13.2 Å². The van der Waals surface area contributed by atoms with E-state index in [9.17, 15) is 18.0 Å². The molecule has 1 aliphatic heterocycles. The van der Waals surface area contributed by atoms with E-state index in [1.165, 1.54) is 24.5 Å². The van der Waals surface area contributed by atoms with Crippen LogP contribution in [0.3, 0.4) is 0 Å². The number of ether oxygens (including phenoxy) is 1. The normalized spacial score (nSPS) is 14.0. The summed E-state index contributed by atoms with van der Waals surface area (Å²) < 4.78 is 44.2. The molecule has 1 N–H and O–H groups in total. The smallest absolute Gasteiger partial charge is 0.416 e. The van der Waals surface area contributed by atoms with Crippen LogP contribution in [0.5, 0.6) is 0 Å². The Hall–Kier alpha value is -3.47. The lowest BCUT2D eigenvalue weighted by molar-refractivity contribution is -0.137. The van der Waals surface area contributed by atoms with E-state index in [0.29, 0.717) is 41.5 Å². The molecule has 0 bridgehead atoms. The first kappa shape index (κ1) is 23.7. The highest BCUT2D eigenvalue weighted by molar-refractivity contribution is 6.33. The van der Waals surface area contributed by atoms with Gasteiger partial charge < -0.3 is 15.0 Å². The van der Waals surface area contributed by atoms with Crippen LogP contribution in [0.15, 0.2) is 42.7 Å². The van der Waals surface area contributed by atoms with Crippen LogP contribution in [0.25, 0.3) is 22.5 Å². The number of nitrogens with zero attached hydrogens (tertiary/aromatic N) is 5. The molecule has 1 aromatic carbocycles. The van der Waals surface area contributed by atoms with Gasteiger partial charge in [-0.15, -0.1) is 10.2 Å². The summed E-state index contributed by atoms with van der Waals surface area (Å²) in [5.74, 6) is 0.285. The van der Waals surface area contributed by atoms with Crippen LogP contribution in [0, 0.1) is 0 Å². The van der Waals surface area contributed by atoms with Crippen LogP contribution in [0.1, 0.15) is 18.9 Å². The average Bonchev–Trinajstić information content (AvgIpc) is 2.79. The van der Waals surface area contributed by atoms with E-state index in [1.54, 1.807) is 11.0 Å². The Morgan fingerprint density at radius 1 is 1.18 bits per heavy atom. The summed E-state index contributed by atoms with van der Waals surface area (Å²) >= 11 is 6.33. The zero-order valence-corrected chi connectivity index (χ0v) is 18.8. The van der Waals surface area contributed by atoms with Gasteiger partial charge in [0.2, 0.25) is 5.95 Å². The number of anilines is 1. The van der Waals surface area contributed by atoms with Crippen molar-refractivity contribution in [2.75, 3.05) is 24.5 Å². The fourth-order valence-electron chi connectivity index (χ4n) is 3.31. The number of alkyl carbamates (subject to hydrolysis) is 1. The summed E-state index contributed by atoms with van der Waals surface area (Å²) in [4.78, 5) is 22.1. The average molecular weight is 493 g/mol. The molecule has 0 aliphatic carbocycles. The largest absolute Gasteiger partial charge is 0.442 e. The van der Waals surface area contributed by atoms with Gasteiger partial charge >= 0.3 is 12.3 Å². The molecule has 4 rings (SSSR count). The van der Waals surface area contributed by atoms with Crippen LogP contribution >= 0.6 is 11.6 Å². The number of hydrogen-bond donors (Lipinski definition) is 1. The zero-order chi connectivity index (χ0) is 24.3. The minimum atomic E-state index is -4.45. The fraction of sp³-hybridized carbons (Fsp3) is 0.318. The SMILES string of the molecule is CCCNC(=O)OC1CN(c2nnc(-c3ccc(C(F)(F)F)cc3)c(-c3ccncc3Cl)n2)C1. The third-order valence-electron chi connectivity index (χ3n) is 5.11. The number of halogens is 4. The van der Waals surface area contributed by atoms with E-state index in [0.717, 1.165) is 18.6 Å². The number of carbonyl (C=O) groups is 1. The topological polar surface area (TPSA) is 93.1 Å². The molecule has 1 saturated heterocycles. The first-order chi connectivity index (χ1) is 16.3. The molecule has 3 aromatic rings. The molecule has 0 saturated carbocycles. The Labute approximate surface area is 198 Å². The van der Waals surface area contributed by atoms with Crippen LogP contribution in [0.4, 0.5) is 23.9 Å². The van der Waals surface area contributed by atoms with Crippen molar-refractivity contribution in [2.24, 2.45) is 0 Å². The van der Waals surface area contributed by atoms with E-state index in [-0.39, 0.29) is 17.7 Å². The minimum Gasteiger partial charge on any atom is -0.442 e. The summed E-state index contributed by atoms with van der Waals surface area (Å²) in [7, 11) is 0. The second-order valence-corrected chi connectivity index (χ2v) is 8.01. The quantitative estimate of drug-likeness (QED) is 0.537. The van der Waals surface area contributed by atoms with E-state index >= 15 is 0 Å². The number of hydrogen-bond acceptors (Lipinski definition) is 7. The van der Waals surface area contributed by atoms with Crippen molar-refractivity contribution in [1.82, 2.24) is 25.5 Å². The monoisotopic (exact) mass is 492 g/mol. The number of amides is 1. The molecule has 8 nitrogen and oxygen atoms in total. The second-order valence-electron chi connectivity index (χ2n) is 7.60. The van der Waals surface area contributed by atoms with Gasteiger partial charge in [0.25, 0.3) is 0 Å². The maximum Gasteiger partial charge on any atom is 0.416 e. The van der Waals surface area contributed by atoms with Gasteiger partial charge in [-0.05, 0) is 24.6 Å². The standard InChI is InChI=1S/C22H20ClF3N6O2/c1-2-8-28-21(33)34-15-11-32(12-15)20-29-19(16-7-9-27-10-17(16)23)18(30-31-20)13-3-5-14(6-4-13)22(24,25)26/h3-7,9-10,15H,2,8,11-12H2,1H3,(H,28,33). The highest BCUT2D eigenvalue weighted by Crippen LogP contribution is 2.36. The van der Waals surface area contributed by atoms with Crippen molar-refractivity contribution < 1.29 is 22.7 Å². The van der Waals surface area contributed by atoms with Gasteiger partial charge in [0.15, 0.2) is 0 Å². The van der Waals surface area contributed by atoms with Crippen LogP contribution in [0.2, 0.25) is 5.02 Å². The van der Waals surface area contributed by atoms with Gasteiger partial charge in [-0.25, -0.2) is 9.78 Å². The van der Waals surface area contributed by atoms with Crippen LogP contribution < -0.4 is 10.2 Å². The maximum atomic E-state index is 13.0. The highest BCUT2D eigenvalue weighted by Gasteiger charge is 2.33. The number of aromatic nitrogens is 4. The van der Waals surface area contributed by atoms with Crippen molar-refractivity contribution >= 4 is 23.6 Å². The first-order valence-electron chi connectivity index (χ1n) is 10.5. The molecular formula is C22H20ClF3N6O2. The number of carbonyl (C=O) groups excluding carboxylic acids is 1. The van der Waals surface area contributed by atoms with E-state index in [2.05, 4.69) is 25.5 Å². The summed E-state index contributed by atoms with van der Waals surface area (Å²) in [5.41, 5.74) is 0.766. The van der Waals surface area contributed by atoms with Gasteiger partial charge in [0.05, 0.1) is 23.7 Å². The van der Waals surface area contributed by atoms with E-state index in [1.807, 2.05) is 6.92 Å². The number of alkyl halides is 3. The van der Waals surface area contributed by atoms with Crippen LogP contribution in [-0.2, 0) is 10.9 Å². The Morgan fingerprint density at radius 2 is 1.91 bits per heavy atom. The third-order valence-corrected chi connectivity index (χ3v) is 5.41. The molecule has 0 spiro atoms. The molecule has 178 valence electrons. The minimum absolute atomic E-state index is 0.276. The number of nitrogens with one attached hydrogen (secondary N) is 1. The Balaban J connectivity index is 1.61. The Bertz CT molecular complexity index is 1170. The van der Waals surface area contributed by atoms with E-state index < -0.39 is 17.8 Å². The summed E-state index contributed by atoms with van der Waals surface area (Å²) in [6.07, 6.45) is -1.47. The molecular weight excluding hydrogens is 473 g/mol. The predicted molar refractivity (Wildman–Crippen MR) is 119 cm³/mol. The lowest BCUT2D eigenvalue weighted by Crippen LogP contribution is -2.54. The van der Waals surface area contributed by atoms with Crippen molar-refractivity contribution in [2.45, 2.75) is 25.6 Å². The van der Waals surface area contributed by atoms with Gasteiger partial charge in [0, 0.05) is 30.1 Å². The third kappa shape index (κ3) is 5.19. The Kier molecular flexibility index (Phi) is 6.82. The molecule has 1 fully saturated rings. The molecule has 3 heterocycles. The zero-order valence-electron chi connectivity index (χ0n) is 18.0. The highest BCUT2D eigenvalue weighted by atomic mass is 35.5. The number of rotatable bonds is 6. The van der Waals surface area contributed by atoms with Crippen LogP contribution in [-0.4, -0.2) is 52.0 Å². The van der Waals surface area contributed by atoms with Crippen molar-refractivity contribution in [3.8, 4) is 22.5 Å².